The third kappa shape index (κ3) is 4.73. The van der Waals surface area contributed by atoms with E-state index in [9.17, 15) is 14.9 Å². The molecular formula is C13H23N5O3. The smallest absolute Gasteiger partial charge is 0.333 e. The molecule has 1 heterocycles. The van der Waals surface area contributed by atoms with Gasteiger partial charge >= 0.3 is 5.69 Å². The molecule has 1 amide bonds. The average molecular weight is 297 g/mol. The number of hydrogen-bond donors (Lipinski definition) is 2. The lowest BCUT2D eigenvalue weighted by Gasteiger charge is -2.20. The zero-order valence-corrected chi connectivity index (χ0v) is 13.2. The first-order chi connectivity index (χ1) is 9.65. The summed E-state index contributed by atoms with van der Waals surface area (Å²) in [5.74, 6) is 0.0575. The fourth-order valence-corrected chi connectivity index (χ4v) is 1.97. The van der Waals surface area contributed by atoms with E-state index in [1.807, 2.05) is 27.7 Å². The number of nitrogens with zero attached hydrogens (tertiary/aromatic N) is 3. The van der Waals surface area contributed by atoms with Gasteiger partial charge in [-0.2, -0.15) is 5.10 Å². The molecule has 0 radical (unpaired) electrons. The van der Waals surface area contributed by atoms with Crippen LogP contribution >= 0.6 is 0 Å². The lowest BCUT2D eigenvalue weighted by molar-refractivity contribution is -0.384. The summed E-state index contributed by atoms with van der Waals surface area (Å²) in [6, 6.07) is 0. The van der Waals surface area contributed by atoms with Gasteiger partial charge in [0.25, 0.3) is 0 Å². The minimum absolute atomic E-state index is 0.0348. The topological polar surface area (TPSA) is 102 Å². The molecule has 21 heavy (non-hydrogen) atoms. The van der Waals surface area contributed by atoms with Gasteiger partial charge in [0.15, 0.2) is 0 Å². The predicted molar refractivity (Wildman–Crippen MR) is 80.3 cm³/mol. The van der Waals surface area contributed by atoms with Gasteiger partial charge in [0.05, 0.1) is 11.5 Å². The first kappa shape index (κ1) is 16.9. The van der Waals surface area contributed by atoms with Crippen molar-refractivity contribution >= 4 is 17.4 Å². The van der Waals surface area contributed by atoms with Gasteiger partial charge in [-0.3, -0.25) is 14.9 Å². The molecule has 1 rings (SSSR count). The number of carbonyl (C=O) groups is 1. The first-order valence-electron chi connectivity index (χ1n) is 6.92. The van der Waals surface area contributed by atoms with E-state index in [0.717, 1.165) is 6.42 Å². The van der Waals surface area contributed by atoms with E-state index in [-0.39, 0.29) is 29.5 Å². The van der Waals surface area contributed by atoms with Crippen LogP contribution in [0.3, 0.4) is 0 Å². The summed E-state index contributed by atoms with van der Waals surface area (Å²) in [6.45, 7) is 9.69. The summed E-state index contributed by atoms with van der Waals surface area (Å²) in [5.41, 5.74) is -0.0798. The van der Waals surface area contributed by atoms with E-state index >= 15 is 0 Å². The number of hydrogen-bond acceptors (Lipinski definition) is 5. The summed E-state index contributed by atoms with van der Waals surface area (Å²) >= 11 is 0. The molecule has 0 unspecified atom stereocenters. The van der Waals surface area contributed by atoms with Crippen LogP contribution in [-0.2, 0) is 11.3 Å². The lowest BCUT2D eigenvalue weighted by Crippen LogP contribution is -2.43. The quantitative estimate of drug-likeness (QED) is 0.616. The van der Waals surface area contributed by atoms with Crippen molar-refractivity contribution in [3.05, 3.63) is 15.8 Å². The second-order valence-electron chi connectivity index (χ2n) is 5.91. The van der Waals surface area contributed by atoms with E-state index in [1.165, 1.54) is 4.68 Å². The molecule has 0 aliphatic heterocycles. The lowest BCUT2D eigenvalue weighted by atomic mass is 10.1. The SMILES string of the molecule is CCCn1nc(C)c([N+](=O)[O-])c1NCC(=O)NC(C)(C)C. The maximum Gasteiger partial charge on any atom is 0.333 e. The molecule has 118 valence electrons. The number of anilines is 1. The van der Waals surface area contributed by atoms with Crippen molar-refractivity contribution in [2.75, 3.05) is 11.9 Å². The molecule has 1 aromatic rings. The molecule has 0 aliphatic rings. The van der Waals surface area contributed by atoms with E-state index in [1.54, 1.807) is 6.92 Å². The van der Waals surface area contributed by atoms with Gasteiger partial charge in [-0.25, -0.2) is 4.68 Å². The fourth-order valence-electron chi connectivity index (χ4n) is 1.97. The maximum absolute atomic E-state index is 11.8. The highest BCUT2D eigenvalue weighted by molar-refractivity contribution is 5.81. The van der Waals surface area contributed by atoms with Crippen LogP contribution in [0, 0.1) is 17.0 Å². The zero-order chi connectivity index (χ0) is 16.2. The molecule has 0 aliphatic carbocycles. The summed E-state index contributed by atoms with van der Waals surface area (Å²) in [4.78, 5) is 22.5. The van der Waals surface area contributed by atoms with Crippen LogP contribution in [0.1, 0.15) is 39.8 Å². The molecule has 8 heteroatoms. The van der Waals surface area contributed by atoms with E-state index in [4.69, 9.17) is 0 Å². The molecule has 0 saturated heterocycles. The minimum Gasteiger partial charge on any atom is -0.355 e. The van der Waals surface area contributed by atoms with Crippen molar-refractivity contribution < 1.29 is 9.72 Å². The number of aromatic nitrogens is 2. The zero-order valence-electron chi connectivity index (χ0n) is 13.2. The van der Waals surface area contributed by atoms with Crippen LogP contribution in [0.4, 0.5) is 11.5 Å². The summed E-state index contributed by atoms with van der Waals surface area (Å²) in [6.07, 6.45) is 0.793. The van der Waals surface area contributed by atoms with Gasteiger partial charge < -0.3 is 10.6 Å². The van der Waals surface area contributed by atoms with Gasteiger partial charge in [0.1, 0.15) is 5.69 Å². The molecule has 8 nitrogen and oxygen atoms in total. The Morgan fingerprint density at radius 3 is 2.52 bits per heavy atom. The summed E-state index contributed by atoms with van der Waals surface area (Å²) < 4.78 is 1.54. The van der Waals surface area contributed by atoms with Crippen LogP contribution in [-0.4, -0.2) is 32.7 Å². The van der Waals surface area contributed by atoms with Gasteiger partial charge in [-0.15, -0.1) is 0 Å². The highest BCUT2D eigenvalue weighted by atomic mass is 16.6. The Hall–Kier alpha value is -2.12. The van der Waals surface area contributed by atoms with E-state index < -0.39 is 4.92 Å². The monoisotopic (exact) mass is 297 g/mol. The van der Waals surface area contributed by atoms with E-state index in [0.29, 0.717) is 12.2 Å². The molecule has 0 fully saturated rings. The van der Waals surface area contributed by atoms with Gasteiger partial charge in [-0.05, 0) is 34.1 Å². The second-order valence-corrected chi connectivity index (χ2v) is 5.91. The molecule has 0 atom stereocenters. The fraction of sp³-hybridized carbons (Fsp3) is 0.692. The third-order valence-electron chi connectivity index (χ3n) is 2.64. The predicted octanol–water partition coefficient (Wildman–Crippen LogP) is 1.84. The standard InChI is InChI=1S/C13H23N5O3/c1-6-7-17-12(11(18(20)21)9(2)16-17)14-8-10(19)15-13(3,4)5/h14H,6-8H2,1-5H3,(H,15,19). The Morgan fingerprint density at radius 1 is 1.43 bits per heavy atom. The van der Waals surface area contributed by atoms with Crippen LogP contribution in [0.5, 0.6) is 0 Å². The molecule has 0 bridgehead atoms. The minimum atomic E-state index is -0.474. The highest BCUT2D eigenvalue weighted by Crippen LogP contribution is 2.28. The normalized spacial score (nSPS) is 11.3. The van der Waals surface area contributed by atoms with Crippen molar-refractivity contribution in [2.45, 2.75) is 53.1 Å². The number of amides is 1. The highest BCUT2D eigenvalue weighted by Gasteiger charge is 2.25. The Kier molecular flexibility index (Phi) is 5.28. The summed E-state index contributed by atoms with van der Waals surface area (Å²) in [7, 11) is 0. The van der Waals surface area contributed by atoms with Gasteiger partial charge in [0, 0.05) is 12.1 Å². The number of rotatable bonds is 6. The molecule has 0 spiro atoms. The second kappa shape index (κ2) is 6.55. The Bertz CT molecular complexity index is 531. The number of carbonyl (C=O) groups excluding carboxylic acids is 1. The molecule has 0 saturated carbocycles. The van der Waals surface area contributed by atoms with Crippen LogP contribution in [0.2, 0.25) is 0 Å². The molecule has 1 aromatic heterocycles. The van der Waals surface area contributed by atoms with Crippen LogP contribution < -0.4 is 10.6 Å². The largest absolute Gasteiger partial charge is 0.355 e. The third-order valence-corrected chi connectivity index (χ3v) is 2.64. The van der Waals surface area contributed by atoms with Crippen molar-refractivity contribution in [3.63, 3.8) is 0 Å². The van der Waals surface area contributed by atoms with Crippen molar-refractivity contribution in [3.8, 4) is 0 Å². The maximum atomic E-state index is 11.8. The molecule has 2 N–H and O–H groups in total. The van der Waals surface area contributed by atoms with Crippen LogP contribution in [0.25, 0.3) is 0 Å². The van der Waals surface area contributed by atoms with Crippen molar-refractivity contribution in [1.29, 1.82) is 0 Å². The average Bonchev–Trinajstić information content (AvgIpc) is 2.61. The van der Waals surface area contributed by atoms with Crippen LogP contribution in [0.15, 0.2) is 0 Å². The Labute approximate surface area is 124 Å². The molecule has 0 aromatic carbocycles. The number of nitro groups is 1. The van der Waals surface area contributed by atoms with Gasteiger partial charge in [-0.1, -0.05) is 6.92 Å². The van der Waals surface area contributed by atoms with Crippen molar-refractivity contribution in [1.82, 2.24) is 15.1 Å². The number of nitrogens with one attached hydrogen (secondary N) is 2. The molecular weight excluding hydrogens is 274 g/mol. The van der Waals surface area contributed by atoms with Crippen molar-refractivity contribution in [2.24, 2.45) is 0 Å². The Balaban J connectivity index is 2.90. The first-order valence-corrected chi connectivity index (χ1v) is 6.92. The number of aryl methyl sites for hydroxylation is 2. The van der Waals surface area contributed by atoms with E-state index in [2.05, 4.69) is 15.7 Å². The summed E-state index contributed by atoms with van der Waals surface area (Å²) in [5, 5.41) is 20.9. The van der Waals surface area contributed by atoms with Gasteiger partial charge in [0.2, 0.25) is 11.7 Å². The Morgan fingerprint density at radius 2 is 2.05 bits per heavy atom.